The zero-order valence-corrected chi connectivity index (χ0v) is 16.0. The average Bonchev–Trinajstić information content (AvgIpc) is 2.98. The second kappa shape index (κ2) is 10.9. The van der Waals surface area contributed by atoms with Gasteiger partial charge >= 0.3 is 6.09 Å². The summed E-state index contributed by atoms with van der Waals surface area (Å²) in [6, 6.07) is 4.20. The number of alkyl carbamates (subject to hydrolysis) is 1. The van der Waals surface area contributed by atoms with E-state index in [-0.39, 0.29) is 6.09 Å². The van der Waals surface area contributed by atoms with Gasteiger partial charge in [0, 0.05) is 31.1 Å². The molecular weight excluding hydrogens is 324 g/mol. The van der Waals surface area contributed by atoms with Gasteiger partial charge in [0.05, 0.1) is 0 Å². The standard InChI is InChI=1S/C17H30N4O2S/c1-5-18-15(20-12-9-14-8-6-13-24-14)19-10-7-11-21-16(22)23-17(2,3)4/h6,8,13H,5,7,9-12H2,1-4H3,(H,21,22)(H2,18,19,20). The molecule has 0 aliphatic carbocycles. The molecule has 24 heavy (non-hydrogen) atoms. The Labute approximate surface area is 149 Å². The van der Waals surface area contributed by atoms with Gasteiger partial charge in [-0.2, -0.15) is 0 Å². The van der Waals surface area contributed by atoms with Gasteiger partial charge in [-0.05, 0) is 52.0 Å². The number of hydrogen-bond donors (Lipinski definition) is 3. The minimum atomic E-state index is -0.465. The van der Waals surface area contributed by atoms with Crippen molar-refractivity contribution in [2.24, 2.45) is 4.99 Å². The highest BCUT2D eigenvalue weighted by atomic mass is 32.1. The van der Waals surface area contributed by atoms with E-state index in [1.165, 1.54) is 4.88 Å². The summed E-state index contributed by atoms with van der Waals surface area (Å²) in [7, 11) is 0. The quantitative estimate of drug-likeness (QED) is 0.381. The Hall–Kier alpha value is -1.76. The lowest BCUT2D eigenvalue weighted by atomic mass is 10.2. The summed E-state index contributed by atoms with van der Waals surface area (Å²) in [5, 5.41) is 11.4. The fourth-order valence-corrected chi connectivity index (χ4v) is 2.58. The van der Waals surface area contributed by atoms with Crippen molar-refractivity contribution >= 4 is 23.4 Å². The Morgan fingerprint density at radius 3 is 2.67 bits per heavy atom. The van der Waals surface area contributed by atoms with Gasteiger partial charge in [0.25, 0.3) is 0 Å². The molecule has 0 atom stereocenters. The van der Waals surface area contributed by atoms with E-state index in [1.807, 2.05) is 27.7 Å². The smallest absolute Gasteiger partial charge is 0.407 e. The third-order valence-corrected chi connectivity index (χ3v) is 3.80. The van der Waals surface area contributed by atoms with Crippen molar-refractivity contribution in [3.8, 4) is 0 Å². The van der Waals surface area contributed by atoms with Crippen molar-refractivity contribution in [1.29, 1.82) is 0 Å². The molecule has 0 saturated carbocycles. The van der Waals surface area contributed by atoms with Crippen LogP contribution in [0.3, 0.4) is 0 Å². The third kappa shape index (κ3) is 10.1. The molecule has 1 heterocycles. The average molecular weight is 355 g/mol. The Morgan fingerprint density at radius 1 is 1.25 bits per heavy atom. The van der Waals surface area contributed by atoms with E-state index in [1.54, 1.807) is 11.3 Å². The number of rotatable bonds is 8. The molecule has 0 aliphatic rings. The lowest BCUT2D eigenvalue weighted by molar-refractivity contribution is 0.0527. The molecule has 7 heteroatoms. The normalized spacial score (nSPS) is 11.9. The van der Waals surface area contributed by atoms with E-state index < -0.39 is 5.60 Å². The molecule has 0 unspecified atom stereocenters. The molecular formula is C17H30N4O2S. The number of nitrogens with one attached hydrogen (secondary N) is 3. The van der Waals surface area contributed by atoms with Crippen LogP contribution in [0.1, 0.15) is 39.0 Å². The summed E-state index contributed by atoms with van der Waals surface area (Å²) in [6.07, 6.45) is 1.37. The Balaban J connectivity index is 2.21. The van der Waals surface area contributed by atoms with E-state index in [0.29, 0.717) is 13.1 Å². The number of hydrogen-bond acceptors (Lipinski definition) is 4. The molecule has 1 rings (SSSR count). The second-order valence-corrected chi connectivity index (χ2v) is 7.33. The van der Waals surface area contributed by atoms with Crippen LogP contribution in [0.25, 0.3) is 0 Å². The molecule has 0 aromatic carbocycles. The zero-order valence-electron chi connectivity index (χ0n) is 15.1. The summed E-state index contributed by atoms with van der Waals surface area (Å²) in [5.74, 6) is 0.811. The van der Waals surface area contributed by atoms with E-state index in [2.05, 4.69) is 38.5 Å². The number of ether oxygens (including phenoxy) is 1. The maximum absolute atomic E-state index is 11.5. The summed E-state index contributed by atoms with van der Waals surface area (Å²) in [4.78, 5) is 17.4. The highest BCUT2D eigenvalue weighted by molar-refractivity contribution is 7.09. The van der Waals surface area contributed by atoms with Gasteiger partial charge < -0.3 is 20.7 Å². The summed E-state index contributed by atoms with van der Waals surface area (Å²) in [6.45, 7) is 10.4. The minimum Gasteiger partial charge on any atom is -0.444 e. The Bertz CT molecular complexity index is 495. The molecule has 0 radical (unpaired) electrons. The van der Waals surface area contributed by atoms with E-state index in [4.69, 9.17) is 4.74 Å². The fourth-order valence-electron chi connectivity index (χ4n) is 1.88. The predicted molar refractivity (Wildman–Crippen MR) is 101 cm³/mol. The van der Waals surface area contributed by atoms with Crippen molar-refractivity contribution in [2.45, 2.75) is 46.1 Å². The van der Waals surface area contributed by atoms with Crippen molar-refractivity contribution < 1.29 is 9.53 Å². The zero-order chi connectivity index (χ0) is 17.8. The van der Waals surface area contributed by atoms with Crippen LogP contribution < -0.4 is 16.0 Å². The number of nitrogens with zero attached hydrogens (tertiary/aromatic N) is 1. The first-order valence-electron chi connectivity index (χ1n) is 8.42. The minimum absolute atomic E-state index is 0.382. The van der Waals surface area contributed by atoms with Gasteiger partial charge in [-0.25, -0.2) is 4.79 Å². The number of aliphatic imine (C=N–C) groups is 1. The van der Waals surface area contributed by atoms with Crippen molar-refractivity contribution in [2.75, 3.05) is 26.2 Å². The molecule has 136 valence electrons. The second-order valence-electron chi connectivity index (χ2n) is 6.30. The van der Waals surface area contributed by atoms with Gasteiger partial charge in [-0.3, -0.25) is 4.99 Å². The van der Waals surface area contributed by atoms with E-state index >= 15 is 0 Å². The van der Waals surface area contributed by atoms with E-state index in [9.17, 15) is 4.79 Å². The van der Waals surface area contributed by atoms with Crippen LogP contribution >= 0.6 is 11.3 Å². The third-order valence-electron chi connectivity index (χ3n) is 2.86. The number of amides is 1. The summed E-state index contributed by atoms with van der Waals surface area (Å²) < 4.78 is 5.18. The van der Waals surface area contributed by atoms with Crippen LogP contribution in [-0.4, -0.2) is 43.8 Å². The predicted octanol–water partition coefficient (Wildman–Crippen LogP) is 2.76. The summed E-state index contributed by atoms with van der Waals surface area (Å²) >= 11 is 1.77. The number of carbonyl (C=O) groups excluding carboxylic acids is 1. The van der Waals surface area contributed by atoms with Crippen molar-refractivity contribution in [3.63, 3.8) is 0 Å². The number of thiophene rings is 1. The lowest BCUT2D eigenvalue weighted by Crippen LogP contribution is -2.38. The summed E-state index contributed by atoms with van der Waals surface area (Å²) in [5.41, 5.74) is -0.465. The fraction of sp³-hybridized carbons (Fsp3) is 0.647. The molecule has 0 aliphatic heterocycles. The molecule has 0 saturated heterocycles. The van der Waals surface area contributed by atoms with Crippen LogP contribution in [0.4, 0.5) is 4.79 Å². The number of carbonyl (C=O) groups is 1. The molecule has 0 fully saturated rings. The van der Waals surface area contributed by atoms with Crippen LogP contribution in [0, 0.1) is 0 Å². The van der Waals surface area contributed by atoms with Gasteiger partial charge in [-0.1, -0.05) is 6.07 Å². The molecule has 0 spiro atoms. The maximum Gasteiger partial charge on any atom is 0.407 e. The van der Waals surface area contributed by atoms with Crippen LogP contribution in [0.5, 0.6) is 0 Å². The Kier molecular flexibility index (Phi) is 9.22. The molecule has 1 aromatic heterocycles. The molecule has 6 nitrogen and oxygen atoms in total. The molecule has 1 aromatic rings. The molecule has 1 amide bonds. The van der Waals surface area contributed by atoms with Crippen LogP contribution in [0.2, 0.25) is 0 Å². The largest absolute Gasteiger partial charge is 0.444 e. The van der Waals surface area contributed by atoms with Gasteiger partial charge in [-0.15, -0.1) is 11.3 Å². The first-order chi connectivity index (χ1) is 11.4. The molecule has 0 bridgehead atoms. The van der Waals surface area contributed by atoms with Crippen molar-refractivity contribution in [3.05, 3.63) is 22.4 Å². The highest BCUT2D eigenvalue weighted by Crippen LogP contribution is 2.08. The molecule has 3 N–H and O–H groups in total. The van der Waals surface area contributed by atoms with Crippen molar-refractivity contribution in [1.82, 2.24) is 16.0 Å². The van der Waals surface area contributed by atoms with E-state index in [0.717, 1.165) is 31.9 Å². The topological polar surface area (TPSA) is 74.8 Å². The number of guanidine groups is 1. The Morgan fingerprint density at radius 2 is 2.04 bits per heavy atom. The highest BCUT2D eigenvalue weighted by Gasteiger charge is 2.15. The maximum atomic E-state index is 11.5. The first kappa shape index (κ1) is 20.3. The van der Waals surface area contributed by atoms with Crippen LogP contribution in [-0.2, 0) is 11.2 Å². The van der Waals surface area contributed by atoms with Crippen LogP contribution in [0.15, 0.2) is 22.5 Å². The lowest BCUT2D eigenvalue weighted by Gasteiger charge is -2.19. The van der Waals surface area contributed by atoms with Gasteiger partial charge in [0.1, 0.15) is 5.60 Å². The first-order valence-corrected chi connectivity index (χ1v) is 9.30. The van der Waals surface area contributed by atoms with Gasteiger partial charge in [0.2, 0.25) is 0 Å². The van der Waals surface area contributed by atoms with Gasteiger partial charge in [0.15, 0.2) is 5.96 Å². The monoisotopic (exact) mass is 354 g/mol. The SMILES string of the molecule is CCNC(=NCCCNC(=O)OC(C)(C)C)NCCc1cccs1.